The van der Waals surface area contributed by atoms with Crippen molar-refractivity contribution in [2.75, 3.05) is 26.3 Å². The van der Waals surface area contributed by atoms with Crippen molar-refractivity contribution in [1.29, 1.82) is 0 Å². The van der Waals surface area contributed by atoms with E-state index in [0.29, 0.717) is 30.6 Å². The molecule has 0 radical (unpaired) electrons. The molecular formula is C21H25ClN2O3. The van der Waals surface area contributed by atoms with Crippen LogP contribution in [0.2, 0.25) is 5.02 Å². The quantitative estimate of drug-likeness (QED) is 0.797. The van der Waals surface area contributed by atoms with Crippen LogP contribution >= 0.6 is 11.6 Å². The van der Waals surface area contributed by atoms with Crippen molar-refractivity contribution < 1.29 is 14.3 Å². The van der Waals surface area contributed by atoms with Gasteiger partial charge in [-0.25, -0.2) is 0 Å². The van der Waals surface area contributed by atoms with Crippen molar-refractivity contribution in [3.8, 4) is 5.75 Å². The summed E-state index contributed by atoms with van der Waals surface area (Å²) in [5.41, 5.74) is 1.83. The largest absolute Gasteiger partial charge is 0.489 e. The van der Waals surface area contributed by atoms with Crippen molar-refractivity contribution in [3.05, 3.63) is 34.4 Å². The maximum Gasteiger partial charge on any atom is 0.226 e. The van der Waals surface area contributed by atoms with E-state index in [1.54, 1.807) is 0 Å². The number of hydrogen-bond donors (Lipinski definition) is 0. The van der Waals surface area contributed by atoms with E-state index in [1.807, 2.05) is 18.2 Å². The summed E-state index contributed by atoms with van der Waals surface area (Å²) in [5.74, 6) is 1.53. The number of carbonyl (C=O) groups is 1. The number of halogens is 1. The molecule has 0 bridgehead atoms. The van der Waals surface area contributed by atoms with Crippen LogP contribution in [0.1, 0.15) is 32.3 Å². The lowest BCUT2D eigenvalue weighted by molar-refractivity contribution is -0.139. The monoisotopic (exact) mass is 388 g/mol. The van der Waals surface area contributed by atoms with Crippen molar-refractivity contribution in [2.45, 2.75) is 44.5 Å². The Morgan fingerprint density at radius 3 is 3.04 bits per heavy atom. The van der Waals surface area contributed by atoms with Gasteiger partial charge in [-0.2, -0.15) is 0 Å². The maximum absolute atomic E-state index is 12.8. The highest BCUT2D eigenvalue weighted by atomic mass is 35.5. The molecule has 0 aromatic heterocycles. The molecular weight excluding hydrogens is 364 g/mol. The van der Waals surface area contributed by atoms with E-state index in [9.17, 15) is 4.79 Å². The molecule has 0 saturated carbocycles. The van der Waals surface area contributed by atoms with Crippen LogP contribution in [-0.4, -0.2) is 59.8 Å². The smallest absolute Gasteiger partial charge is 0.226 e. The van der Waals surface area contributed by atoms with Crippen molar-refractivity contribution in [2.24, 2.45) is 5.92 Å². The number of benzene rings is 1. The van der Waals surface area contributed by atoms with E-state index in [1.165, 1.54) is 5.57 Å². The third-order valence-electron chi connectivity index (χ3n) is 6.52. The number of fused-ring (bicyclic) bond motifs is 1. The normalized spacial score (nSPS) is 32.4. The first-order valence-corrected chi connectivity index (χ1v) is 10.2. The number of hydrogen-bond acceptors (Lipinski definition) is 4. The standard InChI is InChI=1S/C21H25ClN2O3/c1-13(2)17-12-27-21-5-6-23(19(21)9-20(25)24(17)21)10-14-7-15-8-16(22)3-4-18(15)26-11-14/h3-4,7-8,13,17,19H,5-6,9-12H2,1-2H3/t17-,19+,21-/m0/s1. The fourth-order valence-corrected chi connectivity index (χ4v) is 5.37. The van der Waals surface area contributed by atoms with E-state index in [2.05, 4.69) is 29.7 Å². The average Bonchev–Trinajstić information content (AvgIpc) is 3.25. The molecule has 4 aliphatic heterocycles. The average molecular weight is 389 g/mol. The van der Waals surface area contributed by atoms with Crippen LogP contribution in [0, 0.1) is 5.92 Å². The molecule has 1 spiro atoms. The van der Waals surface area contributed by atoms with Gasteiger partial charge >= 0.3 is 0 Å². The minimum Gasteiger partial charge on any atom is -0.489 e. The third-order valence-corrected chi connectivity index (χ3v) is 6.75. The summed E-state index contributed by atoms with van der Waals surface area (Å²) in [6, 6.07) is 6.05. The van der Waals surface area contributed by atoms with Gasteiger partial charge in [0.1, 0.15) is 12.4 Å². The van der Waals surface area contributed by atoms with Gasteiger partial charge in [-0.05, 0) is 35.8 Å². The van der Waals surface area contributed by atoms with Crippen LogP contribution < -0.4 is 4.74 Å². The molecule has 4 heterocycles. The first kappa shape index (κ1) is 17.5. The Balaban J connectivity index is 1.38. The zero-order valence-corrected chi connectivity index (χ0v) is 16.5. The molecule has 1 amide bonds. The van der Waals surface area contributed by atoms with Gasteiger partial charge in [0.05, 0.1) is 18.7 Å². The fourth-order valence-electron chi connectivity index (χ4n) is 5.19. The second-order valence-electron chi connectivity index (χ2n) is 8.44. The SMILES string of the molecule is CC(C)[C@@H]1CO[C@@]23CCN(CC4=Cc5cc(Cl)ccc5OC4)[C@@H]2CC(=O)N13. The molecule has 0 unspecified atom stereocenters. The van der Waals surface area contributed by atoms with E-state index < -0.39 is 5.72 Å². The van der Waals surface area contributed by atoms with Gasteiger partial charge in [0, 0.05) is 36.5 Å². The van der Waals surface area contributed by atoms with Crippen LogP contribution in [-0.2, 0) is 9.53 Å². The van der Waals surface area contributed by atoms with E-state index in [-0.39, 0.29) is 18.0 Å². The minimum absolute atomic E-state index is 0.135. The predicted octanol–water partition coefficient (Wildman–Crippen LogP) is 3.17. The lowest BCUT2D eigenvalue weighted by Gasteiger charge is -2.34. The van der Waals surface area contributed by atoms with Gasteiger partial charge < -0.3 is 14.4 Å². The molecule has 27 heavy (non-hydrogen) atoms. The molecule has 1 aromatic rings. The molecule has 6 heteroatoms. The van der Waals surface area contributed by atoms with Crippen LogP contribution in [0.25, 0.3) is 6.08 Å². The fraction of sp³-hybridized carbons (Fsp3) is 0.571. The van der Waals surface area contributed by atoms with Gasteiger partial charge in [0.25, 0.3) is 0 Å². The van der Waals surface area contributed by atoms with Gasteiger partial charge in [-0.3, -0.25) is 9.69 Å². The molecule has 3 saturated heterocycles. The summed E-state index contributed by atoms with van der Waals surface area (Å²) in [6.45, 7) is 7.33. The highest BCUT2D eigenvalue weighted by Crippen LogP contribution is 2.49. The molecule has 3 atom stereocenters. The number of rotatable bonds is 3. The molecule has 4 aliphatic rings. The molecule has 3 fully saturated rings. The Bertz CT molecular complexity index is 824. The van der Waals surface area contributed by atoms with Crippen LogP contribution in [0.3, 0.4) is 0 Å². The molecule has 144 valence electrons. The lowest BCUT2D eigenvalue weighted by atomic mass is 10.0. The first-order valence-electron chi connectivity index (χ1n) is 9.80. The molecule has 1 aromatic carbocycles. The Hall–Kier alpha value is -1.56. The summed E-state index contributed by atoms with van der Waals surface area (Å²) < 4.78 is 12.2. The van der Waals surface area contributed by atoms with Gasteiger partial charge in [-0.1, -0.05) is 25.4 Å². The molecule has 5 nitrogen and oxygen atoms in total. The second kappa shape index (κ2) is 6.23. The molecule has 0 aliphatic carbocycles. The highest BCUT2D eigenvalue weighted by molar-refractivity contribution is 6.30. The third kappa shape index (κ3) is 2.63. The predicted molar refractivity (Wildman–Crippen MR) is 104 cm³/mol. The van der Waals surface area contributed by atoms with Crippen LogP contribution in [0.5, 0.6) is 5.75 Å². The number of nitrogens with zero attached hydrogens (tertiary/aromatic N) is 2. The summed E-state index contributed by atoms with van der Waals surface area (Å²) >= 11 is 6.13. The number of ether oxygens (including phenoxy) is 2. The summed E-state index contributed by atoms with van der Waals surface area (Å²) in [6.07, 6.45) is 3.62. The van der Waals surface area contributed by atoms with Crippen molar-refractivity contribution in [1.82, 2.24) is 9.80 Å². The zero-order chi connectivity index (χ0) is 18.8. The van der Waals surface area contributed by atoms with Crippen molar-refractivity contribution >= 4 is 23.6 Å². The van der Waals surface area contributed by atoms with Gasteiger partial charge in [0.15, 0.2) is 5.72 Å². The van der Waals surface area contributed by atoms with Gasteiger partial charge in [0.2, 0.25) is 5.91 Å². The Kier molecular flexibility index (Phi) is 4.04. The minimum atomic E-state index is -0.413. The summed E-state index contributed by atoms with van der Waals surface area (Å²) in [7, 11) is 0. The van der Waals surface area contributed by atoms with Crippen LogP contribution in [0.15, 0.2) is 23.8 Å². The summed E-state index contributed by atoms with van der Waals surface area (Å²) in [5, 5.41) is 0.714. The van der Waals surface area contributed by atoms with Crippen LogP contribution in [0.4, 0.5) is 0 Å². The Labute approximate surface area is 164 Å². The lowest BCUT2D eigenvalue weighted by Crippen LogP contribution is -2.51. The zero-order valence-electron chi connectivity index (χ0n) is 15.8. The molecule has 5 rings (SSSR count). The maximum atomic E-state index is 12.8. The Morgan fingerprint density at radius 1 is 1.37 bits per heavy atom. The topological polar surface area (TPSA) is 42.0 Å². The number of amides is 1. The second-order valence-corrected chi connectivity index (χ2v) is 8.88. The van der Waals surface area contributed by atoms with Gasteiger partial charge in [-0.15, -0.1) is 0 Å². The van der Waals surface area contributed by atoms with Crippen molar-refractivity contribution in [3.63, 3.8) is 0 Å². The van der Waals surface area contributed by atoms with E-state index in [4.69, 9.17) is 21.1 Å². The Morgan fingerprint density at radius 2 is 2.22 bits per heavy atom. The summed E-state index contributed by atoms with van der Waals surface area (Å²) in [4.78, 5) is 17.3. The first-order chi connectivity index (χ1) is 13.0. The van der Waals surface area contributed by atoms with E-state index in [0.717, 1.165) is 30.8 Å². The number of carbonyl (C=O) groups excluding carboxylic acids is 1. The molecule has 0 N–H and O–H groups in total. The van der Waals surface area contributed by atoms with E-state index >= 15 is 0 Å². The number of likely N-dealkylation sites (tertiary alicyclic amines) is 1. The highest BCUT2D eigenvalue weighted by Gasteiger charge is 2.64.